The highest BCUT2D eigenvalue weighted by molar-refractivity contribution is 7.47. The van der Waals surface area contributed by atoms with Gasteiger partial charge in [0.1, 0.15) is 25.0 Å². The predicted molar refractivity (Wildman–Crippen MR) is 387 cm³/mol. The number of aliphatic hydroxyl groups excluding tert-OH is 3. The summed E-state index contributed by atoms with van der Waals surface area (Å²) >= 11 is 0. The van der Waals surface area contributed by atoms with Crippen molar-refractivity contribution in [1.82, 2.24) is 21.3 Å². The minimum Gasteiger partial charge on any atom is -0.462 e. The summed E-state index contributed by atoms with van der Waals surface area (Å²) in [5.41, 5.74) is 0. The normalized spacial score (nSPS) is 15.0. The molecule has 9 N–H and O–H groups in total. The molecule has 0 bridgehead atoms. The highest BCUT2D eigenvalue weighted by Gasteiger charge is 2.27. The second-order valence-corrected chi connectivity index (χ2v) is 29.9. The van der Waals surface area contributed by atoms with Crippen molar-refractivity contribution in [1.29, 1.82) is 0 Å². The quantitative estimate of drug-likeness (QED) is 0.00899. The molecule has 0 spiro atoms. The Morgan fingerprint density at radius 2 is 0.667 bits per heavy atom. The zero-order chi connectivity index (χ0) is 70.7. The van der Waals surface area contributed by atoms with Gasteiger partial charge in [0.25, 0.3) is 0 Å². The van der Waals surface area contributed by atoms with Crippen LogP contribution in [0.5, 0.6) is 0 Å². The molecular formula is C73H148N4O17P2. The van der Waals surface area contributed by atoms with Crippen molar-refractivity contribution in [3.05, 3.63) is 0 Å². The largest absolute Gasteiger partial charge is 0.472 e. The number of phosphoric acid groups is 2. The van der Waals surface area contributed by atoms with Gasteiger partial charge in [0.2, 0.25) is 11.8 Å². The third-order valence-corrected chi connectivity index (χ3v) is 19.4. The summed E-state index contributed by atoms with van der Waals surface area (Å²) in [6.07, 6.45) is 47.6. The number of phosphoric ester groups is 2. The van der Waals surface area contributed by atoms with Crippen LogP contribution in [-0.4, -0.2) is 146 Å². The van der Waals surface area contributed by atoms with Gasteiger partial charge in [-0.05, 0) is 57.8 Å². The van der Waals surface area contributed by atoms with E-state index in [0.29, 0.717) is 38.5 Å². The molecule has 572 valence electrons. The summed E-state index contributed by atoms with van der Waals surface area (Å²) < 4.78 is 64.9. The van der Waals surface area contributed by atoms with E-state index in [1.807, 2.05) is 0 Å². The number of carbonyl (C=O) groups excluding carboxylic acids is 3. The fraction of sp³-hybridized carbons (Fsp3) is 0.959. The lowest BCUT2D eigenvalue weighted by Gasteiger charge is -2.24. The molecule has 0 saturated carbocycles. The van der Waals surface area contributed by atoms with Crippen molar-refractivity contribution >= 4 is 33.4 Å². The molecule has 0 aromatic carbocycles. The van der Waals surface area contributed by atoms with E-state index in [4.69, 9.17) is 32.3 Å². The second kappa shape index (κ2) is 69.1. The van der Waals surface area contributed by atoms with E-state index in [-0.39, 0.29) is 64.8 Å². The fourth-order valence-electron chi connectivity index (χ4n) is 11.5. The lowest BCUT2D eigenvalue weighted by molar-refractivity contribution is -0.150. The molecule has 0 aromatic rings. The summed E-state index contributed by atoms with van der Waals surface area (Å²) in [4.78, 5) is 59.4. The van der Waals surface area contributed by atoms with Crippen LogP contribution in [-0.2, 0) is 55.8 Å². The van der Waals surface area contributed by atoms with Crippen LogP contribution < -0.4 is 21.3 Å². The van der Waals surface area contributed by atoms with Crippen LogP contribution in [0.15, 0.2) is 0 Å². The molecule has 0 fully saturated rings. The summed E-state index contributed by atoms with van der Waals surface area (Å²) in [7, 11) is -9.32. The Morgan fingerprint density at radius 3 is 1.03 bits per heavy atom. The number of nitrogens with one attached hydrogen (secondary N) is 4. The lowest BCUT2D eigenvalue weighted by atomic mass is 10.0. The fourth-order valence-corrected chi connectivity index (χ4v) is 13.0. The van der Waals surface area contributed by atoms with Crippen molar-refractivity contribution in [3.63, 3.8) is 0 Å². The van der Waals surface area contributed by atoms with Crippen molar-refractivity contribution < 1.29 is 80.9 Å². The number of amides is 2. The number of hydrogen-bond acceptors (Lipinski definition) is 17. The number of carbonyl (C=O) groups is 3. The van der Waals surface area contributed by atoms with Gasteiger partial charge in [-0.1, -0.05) is 272 Å². The van der Waals surface area contributed by atoms with Crippen LogP contribution >= 0.6 is 15.6 Å². The summed E-state index contributed by atoms with van der Waals surface area (Å²) in [5.74, 6) is -1.62. The molecule has 0 aliphatic rings. The van der Waals surface area contributed by atoms with Crippen molar-refractivity contribution in [2.24, 2.45) is 0 Å². The van der Waals surface area contributed by atoms with Gasteiger partial charge in [-0.15, -0.1) is 0 Å². The van der Waals surface area contributed by atoms with Gasteiger partial charge in [0.05, 0.1) is 64.4 Å². The molecule has 2 amide bonds. The van der Waals surface area contributed by atoms with Gasteiger partial charge in [-0.3, -0.25) is 43.1 Å². The van der Waals surface area contributed by atoms with Crippen LogP contribution in [0.3, 0.4) is 0 Å². The standard InChI is InChI=1S/C73H148N4O17P2/c1-6-11-16-21-24-27-29-32-34-39-44-49-69(79)76-65(61-88-56-52-67(78)47-42-37-19-14-9-4)63-92-95(84,85)90-58-54-74-71(81)60-72(82)75-55-59-91-96(86,87)93-64-66(77-70(80)50-45-40-35-33-30-28-25-22-17-12-7-2)62-89-57-53-68(48-43-38-20-15-10-5)94-73(83)51-46-41-36-31-26-23-18-13-8-3/h65-70,76-80H,6-64H2,1-5H3,(H,74,81)(H,75,82)(H,84,85)(H,86,87)/t65-,66?,67+,68+,69?,70?/m0/s1. The lowest BCUT2D eigenvalue weighted by Crippen LogP contribution is -2.44. The summed E-state index contributed by atoms with van der Waals surface area (Å²) in [5, 5.41) is 43.4. The van der Waals surface area contributed by atoms with Crippen LogP contribution in [0.2, 0.25) is 0 Å². The number of ether oxygens (including phenoxy) is 3. The van der Waals surface area contributed by atoms with E-state index >= 15 is 0 Å². The Morgan fingerprint density at radius 1 is 0.354 bits per heavy atom. The van der Waals surface area contributed by atoms with E-state index in [1.165, 1.54) is 141 Å². The zero-order valence-corrected chi connectivity index (χ0v) is 63.5. The first-order chi connectivity index (χ1) is 46.5. The first-order valence-electron chi connectivity index (χ1n) is 39.2. The number of aliphatic hydroxyl groups is 3. The molecule has 96 heavy (non-hydrogen) atoms. The maximum absolute atomic E-state index is 13.1. The van der Waals surface area contributed by atoms with Gasteiger partial charge in [0, 0.05) is 32.5 Å². The maximum Gasteiger partial charge on any atom is 0.472 e. The van der Waals surface area contributed by atoms with Crippen LogP contribution in [0, 0.1) is 0 Å². The molecule has 5 unspecified atom stereocenters. The molecule has 21 nitrogen and oxygen atoms in total. The van der Waals surface area contributed by atoms with Crippen LogP contribution in [0.4, 0.5) is 0 Å². The minimum atomic E-state index is -4.68. The molecule has 0 radical (unpaired) electrons. The first-order valence-corrected chi connectivity index (χ1v) is 42.2. The molecule has 0 aliphatic carbocycles. The Bertz CT molecular complexity index is 1840. The Hall–Kier alpha value is -1.65. The summed E-state index contributed by atoms with van der Waals surface area (Å²) in [6.45, 7) is 9.57. The third-order valence-electron chi connectivity index (χ3n) is 17.4. The average molecular weight is 1420 g/mol. The van der Waals surface area contributed by atoms with Gasteiger partial charge >= 0.3 is 21.6 Å². The van der Waals surface area contributed by atoms with E-state index < -0.39 is 77.7 Å². The van der Waals surface area contributed by atoms with Gasteiger partial charge in [-0.2, -0.15) is 0 Å². The number of esters is 1. The second-order valence-electron chi connectivity index (χ2n) is 27.0. The maximum atomic E-state index is 13.1. The average Bonchev–Trinajstić information content (AvgIpc) is 2.72. The van der Waals surface area contributed by atoms with E-state index in [1.54, 1.807) is 0 Å². The topological polar surface area (TPSA) is 299 Å². The SMILES string of the molecule is CCCCCCCCCCCCCC(O)NC(COCC[C@@H](CCCCCCC)OC(=O)CCCCCCCCCCC)COP(=O)(O)OCCNC(=O)CC(=O)NCCOP(=O)(O)OC[C@H](COCC[C@H](O)CCCCCCC)NC(O)CCCCCCCCCCCCC. The van der Waals surface area contributed by atoms with Crippen molar-refractivity contribution in [2.75, 3.05) is 65.9 Å². The predicted octanol–water partition coefficient (Wildman–Crippen LogP) is 16.6. The molecule has 8 atom stereocenters. The molecular weight excluding hydrogens is 1270 g/mol. The van der Waals surface area contributed by atoms with E-state index in [0.717, 1.165) is 128 Å². The smallest absolute Gasteiger partial charge is 0.462 e. The van der Waals surface area contributed by atoms with Crippen LogP contribution in [0.1, 0.15) is 349 Å². The molecule has 0 aliphatic heterocycles. The van der Waals surface area contributed by atoms with Gasteiger partial charge < -0.3 is 50.0 Å². The third kappa shape index (κ3) is 66.9. The zero-order valence-electron chi connectivity index (χ0n) is 61.7. The number of unbranched alkanes of at least 4 members (excludes halogenated alkanes) is 36. The molecule has 0 aromatic heterocycles. The van der Waals surface area contributed by atoms with Crippen molar-refractivity contribution in [3.8, 4) is 0 Å². The van der Waals surface area contributed by atoms with E-state index in [9.17, 15) is 48.6 Å². The molecule has 23 heteroatoms. The number of hydrogen-bond donors (Lipinski definition) is 9. The van der Waals surface area contributed by atoms with Crippen LogP contribution in [0.25, 0.3) is 0 Å². The number of rotatable bonds is 77. The highest BCUT2D eigenvalue weighted by atomic mass is 31.2. The Balaban J connectivity index is 5.24. The Kier molecular flexibility index (Phi) is 67.9. The monoisotopic (exact) mass is 1420 g/mol. The minimum absolute atomic E-state index is 0.0225. The molecule has 0 heterocycles. The van der Waals surface area contributed by atoms with Crippen molar-refractivity contribution in [2.45, 2.75) is 386 Å². The van der Waals surface area contributed by atoms with Gasteiger partial charge in [-0.25, -0.2) is 9.13 Å². The molecule has 0 rings (SSSR count). The van der Waals surface area contributed by atoms with Gasteiger partial charge in [0.15, 0.2) is 0 Å². The first kappa shape index (κ1) is 94.3. The Labute approximate surface area is 585 Å². The van der Waals surface area contributed by atoms with E-state index in [2.05, 4.69) is 55.9 Å². The molecule has 0 saturated heterocycles. The summed E-state index contributed by atoms with van der Waals surface area (Å²) in [6, 6.07) is -1.39. The highest BCUT2D eigenvalue weighted by Crippen LogP contribution is 2.44.